The van der Waals surface area contributed by atoms with Crippen LogP contribution in [0.1, 0.15) is 57.0 Å². The number of aliphatic hydroxyl groups excluding tert-OH is 1. The van der Waals surface area contributed by atoms with E-state index < -0.39 is 12.0 Å². The third-order valence-electron chi connectivity index (χ3n) is 4.85. The van der Waals surface area contributed by atoms with Crippen molar-refractivity contribution in [2.75, 3.05) is 11.1 Å². The van der Waals surface area contributed by atoms with E-state index in [1.54, 1.807) is 18.3 Å². The van der Waals surface area contributed by atoms with E-state index in [0.717, 1.165) is 22.3 Å². The van der Waals surface area contributed by atoms with Gasteiger partial charge in [0, 0.05) is 23.5 Å². The topological polar surface area (TPSA) is 117 Å². The van der Waals surface area contributed by atoms with Gasteiger partial charge in [0.2, 0.25) is 0 Å². The molecule has 1 heterocycles. The number of hydrogen-bond donors (Lipinski definition) is 4. The lowest BCUT2D eigenvalue weighted by Gasteiger charge is -2.15. The number of carbonyl (C=O) groups excluding carboxylic acids is 2. The standard InChI is InChI=1S/C26H34N4O3/c1-7-8-18(11-15(2)3)23(31)26(33)30-20-9-10-21(17(6)12-20)19-13-22(24(27)28-14-19)25(32)29-16(4)5/h8-14,16,23,31H,7H2,1-6H3,(H2,27,28)(H,29,32)(H,30,33)/b18-8+. The first-order valence-electron chi connectivity index (χ1n) is 11.0. The highest BCUT2D eigenvalue weighted by molar-refractivity contribution is 6.00. The zero-order chi connectivity index (χ0) is 24.7. The predicted octanol–water partition coefficient (Wildman–Crippen LogP) is 4.38. The molecule has 1 aromatic carbocycles. The van der Waals surface area contributed by atoms with Gasteiger partial charge in [-0.1, -0.05) is 30.7 Å². The summed E-state index contributed by atoms with van der Waals surface area (Å²) in [5.41, 5.74) is 10.8. The van der Waals surface area contributed by atoms with Crippen molar-refractivity contribution in [1.82, 2.24) is 10.3 Å². The second-order valence-electron chi connectivity index (χ2n) is 8.54. The number of carbonyl (C=O) groups is 2. The molecule has 1 atom stereocenters. The number of nitrogens with one attached hydrogen (secondary N) is 2. The van der Waals surface area contributed by atoms with Gasteiger partial charge in [0.1, 0.15) is 5.82 Å². The summed E-state index contributed by atoms with van der Waals surface area (Å²) in [6, 6.07) is 7.10. The molecule has 7 nitrogen and oxygen atoms in total. The Morgan fingerprint density at radius 3 is 2.48 bits per heavy atom. The van der Waals surface area contributed by atoms with Crippen molar-refractivity contribution >= 4 is 23.3 Å². The summed E-state index contributed by atoms with van der Waals surface area (Å²) in [7, 11) is 0. The van der Waals surface area contributed by atoms with Gasteiger partial charge in [0.05, 0.1) is 5.56 Å². The third kappa shape index (κ3) is 7.02. The Balaban J connectivity index is 2.27. The maximum Gasteiger partial charge on any atom is 0.257 e. The molecule has 0 saturated carbocycles. The number of aromatic nitrogens is 1. The molecule has 2 rings (SSSR count). The van der Waals surface area contributed by atoms with E-state index in [4.69, 9.17) is 5.73 Å². The molecule has 2 amide bonds. The number of allylic oxidation sites excluding steroid dienone is 2. The molecule has 0 aliphatic rings. The van der Waals surface area contributed by atoms with Crippen LogP contribution in [0, 0.1) is 6.92 Å². The van der Waals surface area contributed by atoms with Crippen LogP contribution in [0.25, 0.3) is 11.1 Å². The van der Waals surface area contributed by atoms with Gasteiger partial charge in [0.25, 0.3) is 11.8 Å². The number of nitrogens with two attached hydrogens (primary N) is 1. The number of nitrogens with zero attached hydrogens (tertiary/aromatic N) is 1. The minimum atomic E-state index is -1.26. The van der Waals surface area contributed by atoms with Crippen molar-refractivity contribution < 1.29 is 14.7 Å². The highest BCUT2D eigenvalue weighted by Gasteiger charge is 2.19. The summed E-state index contributed by atoms with van der Waals surface area (Å²) in [5.74, 6) is -0.611. The zero-order valence-corrected chi connectivity index (χ0v) is 20.2. The molecule has 0 saturated heterocycles. The minimum Gasteiger partial charge on any atom is -0.383 e. The summed E-state index contributed by atoms with van der Waals surface area (Å²) in [4.78, 5) is 29.2. The number of rotatable bonds is 8. The Labute approximate surface area is 195 Å². The number of benzene rings is 1. The van der Waals surface area contributed by atoms with Crippen LogP contribution in [0.4, 0.5) is 11.5 Å². The lowest BCUT2D eigenvalue weighted by Crippen LogP contribution is -2.30. The van der Waals surface area contributed by atoms with Gasteiger partial charge in [0.15, 0.2) is 6.10 Å². The van der Waals surface area contributed by atoms with Crippen molar-refractivity contribution in [2.24, 2.45) is 0 Å². The Morgan fingerprint density at radius 1 is 1.21 bits per heavy atom. The van der Waals surface area contributed by atoms with E-state index in [1.165, 1.54) is 0 Å². The first kappa shape index (κ1) is 25.8. The molecule has 176 valence electrons. The summed E-state index contributed by atoms with van der Waals surface area (Å²) < 4.78 is 0. The van der Waals surface area contributed by atoms with Gasteiger partial charge in [-0.05, 0) is 75.9 Å². The van der Waals surface area contributed by atoms with Gasteiger partial charge in [-0.15, -0.1) is 0 Å². The molecule has 0 aliphatic carbocycles. The molecule has 5 N–H and O–H groups in total. The number of anilines is 2. The van der Waals surface area contributed by atoms with Crippen LogP contribution >= 0.6 is 0 Å². The molecule has 0 bridgehead atoms. The van der Waals surface area contributed by atoms with Crippen LogP contribution in [0.2, 0.25) is 0 Å². The smallest absolute Gasteiger partial charge is 0.257 e. The molecule has 1 unspecified atom stereocenters. The number of aryl methyl sites for hydroxylation is 1. The highest BCUT2D eigenvalue weighted by Crippen LogP contribution is 2.28. The lowest BCUT2D eigenvalue weighted by atomic mass is 9.99. The van der Waals surface area contributed by atoms with Gasteiger partial charge < -0.3 is 21.5 Å². The van der Waals surface area contributed by atoms with Crippen molar-refractivity contribution in [2.45, 2.75) is 60.1 Å². The summed E-state index contributed by atoms with van der Waals surface area (Å²) >= 11 is 0. The quantitative estimate of drug-likeness (QED) is 0.445. The van der Waals surface area contributed by atoms with Gasteiger partial charge in [-0.2, -0.15) is 0 Å². The molecule has 0 fully saturated rings. The molecule has 1 aromatic heterocycles. The summed E-state index contributed by atoms with van der Waals surface area (Å²) in [6.45, 7) is 11.4. The Hall–Kier alpha value is -3.45. The molecule has 0 radical (unpaired) electrons. The fourth-order valence-corrected chi connectivity index (χ4v) is 3.39. The van der Waals surface area contributed by atoms with Crippen LogP contribution in [-0.2, 0) is 4.79 Å². The molecular formula is C26H34N4O3. The fourth-order valence-electron chi connectivity index (χ4n) is 3.39. The SMILES string of the molecule is CC/C=C(\C=C(C)C)C(O)C(=O)Nc1ccc(-c2cnc(N)c(C(=O)NC(C)C)c2)c(C)c1. The lowest BCUT2D eigenvalue weighted by molar-refractivity contribution is -0.122. The first-order chi connectivity index (χ1) is 15.5. The Bertz CT molecular complexity index is 1080. The maximum absolute atomic E-state index is 12.6. The van der Waals surface area contributed by atoms with E-state index in [1.807, 2.05) is 65.8 Å². The third-order valence-corrected chi connectivity index (χ3v) is 4.85. The van der Waals surface area contributed by atoms with Crippen LogP contribution < -0.4 is 16.4 Å². The van der Waals surface area contributed by atoms with E-state index in [9.17, 15) is 14.7 Å². The predicted molar refractivity (Wildman–Crippen MR) is 134 cm³/mol. The van der Waals surface area contributed by atoms with Crippen LogP contribution in [0.15, 0.2) is 53.8 Å². The first-order valence-corrected chi connectivity index (χ1v) is 11.0. The van der Waals surface area contributed by atoms with Gasteiger partial charge >= 0.3 is 0 Å². The fraction of sp³-hybridized carbons (Fsp3) is 0.346. The number of aliphatic hydroxyl groups is 1. The molecular weight excluding hydrogens is 416 g/mol. The average molecular weight is 451 g/mol. The molecule has 33 heavy (non-hydrogen) atoms. The van der Waals surface area contributed by atoms with Crippen molar-refractivity contribution in [3.8, 4) is 11.1 Å². The van der Waals surface area contributed by atoms with E-state index in [0.29, 0.717) is 23.2 Å². The molecule has 0 spiro atoms. The molecule has 2 aromatic rings. The van der Waals surface area contributed by atoms with Crippen LogP contribution in [-0.4, -0.2) is 34.1 Å². The van der Waals surface area contributed by atoms with E-state index in [-0.39, 0.29) is 17.8 Å². The number of amides is 2. The van der Waals surface area contributed by atoms with Gasteiger partial charge in [-0.3, -0.25) is 9.59 Å². The molecule has 0 aliphatic heterocycles. The Kier molecular flexibility index (Phi) is 8.94. The summed E-state index contributed by atoms with van der Waals surface area (Å²) in [6.07, 6.45) is 4.72. The second kappa shape index (κ2) is 11.4. The van der Waals surface area contributed by atoms with Gasteiger partial charge in [-0.25, -0.2) is 4.98 Å². The number of hydrogen-bond acceptors (Lipinski definition) is 5. The zero-order valence-electron chi connectivity index (χ0n) is 20.2. The number of nitrogen functional groups attached to an aromatic ring is 1. The van der Waals surface area contributed by atoms with Crippen molar-refractivity contribution in [3.63, 3.8) is 0 Å². The van der Waals surface area contributed by atoms with Crippen LogP contribution in [0.5, 0.6) is 0 Å². The largest absolute Gasteiger partial charge is 0.383 e. The van der Waals surface area contributed by atoms with E-state index >= 15 is 0 Å². The molecule has 7 heteroatoms. The monoisotopic (exact) mass is 450 g/mol. The van der Waals surface area contributed by atoms with Crippen LogP contribution in [0.3, 0.4) is 0 Å². The number of pyridine rings is 1. The highest BCUT2D eigenvalue weighted by atomic mass is 16.3. The second-order valence-corrected chi connectivity index (χ2v) is 8.54. The average Bonchev–Trinajstić information content (AvgIpc) is 2.72. The normalized spacial score (nSPS) is 12.3. The maximum atomic E-state index is 12.6. The Morgan fingerprint density at radius 2 is 1.91 bits per heavy atom. The summed E-state index contributed by atoms with van der Waals surface area (Å²) in [5, 5.41) is 16.1. The van der Waals surface area contributed by atoms with Crippen molar-refractivity contribution in [3.05, 3.63) is 64.9 Å². The minimum absolute atomic E-state index is 0.0232. The van der Waals surface area contributed by atoms with E-state index in [2.05, 4.69) is 15.6 Å². The van der Waals surface area contributed by atoms with Crippen molar-refractivity contribution in [1.29, 1.82) is 0 Å².